The van der Waals surface area contributed by atoms with E-state index in [9.17, 15) is 9.59 Å². The van der Waals surface area contributed by atoms with Crippen LogP contribution in [0.2, 0.25) is 0 Å². The van der Waals surface area contributed by atoms with E-state index in [1.54, 1.807) is 11.8 Å². The molecule has 0 saturated carbocycles. The number of benzene rings is 1. The third kappa shape index (κ3) is 4.04. The van der Waals surface area contributed by atoms with Gasteiger partial charge in [0.1, 0.15) is 0 Å². The lowest BCUT2D eigenvalue weighted by atomic mass is 9.90. The van der Waals surface area contributed by atoms with Crippen LogP contribution >= 0.6 is 0 Å². The molecule has 0 aliphatic carbocycles. The molecule has 1 atom stereocenters. The van der Waals surface area contributed by atoms with Crippen molar-refractivity contribution in [2.24, 2.45) is 5.41 Å². The Hall–Kier alpha value is -1.88. The zero-order chi connectivity index (χ0) is 15.3. The molecule has 1 aromatic carbocycles. The molecular formula is C16H21NO4. The van der Waals surface area contributed by atoms with E-state index >= 15 is 0 Å². The number of hydrogen-bond donors (Lipinski definition) is 1. The number of aliphatic carboxylic acids is 1. The minimum atomic E-state index is -0.835. The van der Waals surface area contributed by atoms with Crippen molar-refractivity contribution in [3.05, 3.63) is 35.9 Å². The van der Waals surface area contributed by atoms with Crippen molar-refractivity contribution >= 4 is 11.9 Å². The normalized spacial score (nSPS) is 21.5. The summed E-state index contributed by atoms with van der Waals surface area (Å²) in [5.74, 6) is -0.869. The second-order valence-corrected chi connectivity index (χ2v) is 5.72. The summed E-state index contributed by atoms with van der Waals surface area (Å²) in [4.78, 5) is 24.8. The van der Waals surface area contributed by atoms with E-state index < -0.39 is 11.4 Å². The van der Waals surface area contributed by atoms with Gasteiger partial charge in [-0.25, -0.2) is 0 Å². The molecule has 0 spiro atoms. The predicted molar refractivity (Wildman–Crippen MR) is 77.7 cm³/mol. The van der Waals surface area contributed by atoms with Crippen LogP contribution in [-0.4, -0.2) is 41.6 Å². The summed E-state index contributed by atoms with van der Waals surface area (Å²) in [5.41, 5.74) is 0.269. The average Bonchev–Trinajstić information content (AvgIpc) is 2.89. The van der Waals surface area contributed by atoms with Crippen molar-refractivity contribution in [3.63, 3.8) is 0 Å². The van der Waals surface area contributed by atoms with Gasteiger partial charge < -0.3 is 14.7 Å². The van der Waals surface area contributed by atoms with Crippen LogP contribution in [0.4, 0.5) is 0 Å². The topological polar surface area (TPSA) is 66.8 Å². The fraction of sp³-hybridized carbons (Fsp3) is 0.500. The van der Waals surface area contributed by atoms with Gasteiger partial charge in [-0.1, -0.05) is 30.3 Å². The van der Waals surface area contributed by atoms with Gasteiger partial charge in [-0.05, 0) is 18.9 Å². The van der Waals surface area contributed by atoms with Gasteiger partial charge in [0.2, 0.25) is 5.91 Å². The molecule has 0 bridgehead atoms. The Morgan fingerprint density at radius 1 is 1.33 bits per heavy atom. The molecule has 1 aliphatic heterocycles. The highest BCUT2D eigenvalue weighted by Crippen LogP contribution is 2.30. The van der Waals surface area contributed by atoms with Crippen LogP contribution < -0.4 is 0 Å². The molecule has 0 unspecified atom stereocenters. The van der Waals surface area contributed by atoms with E-state index in [0.29, 0.717) is 39.1 Å². The molecule has 114 valence electrons. The maximum Gasteiger partial charge on any atom is 0.311 e. The first-order chi connectivity index (χ1) is 10.0. The Balaban J connectivity index is 1.70. The maximum absolute atomic E-state index is 12.0. The van der Waals surface area contributed by atoms with E-state index in [0.717, 1.165) is 5.56 Å². The summed E-state index contributed by atoms with van der Waals surface area (Å²) < 4.78 is 5.49. The number of amides is 1. The van der Waals surface area contributed by atoms with E-state index in [4.69, 9.17) is 9.84 Å². The molecule has 1 N–H and O–H groups in total. The number of hydrogen-bond acceptors (Lipinski definition) is 3. The quantitative estimate of drug-likeness (QED) is 0.813. The zero-order valence-electron chi connectivity index (χ0n) is 12.2. The number of carbonyl (C=O) groups excluding carboxylic acids is 1. The highest BCUT2D eigenvalue weighted by Gasteiger charge is 2.41. The summed E-state index contributed by atoms with van der Waals surface area (Å²) in [6.07, 6.45) is 0.807. The van der Waals surface area contributed by atoms with Gasteiger partial charge in [0, 0.05) is 13.1 Å². The SMILES string of the molecule is C[C@@]1(C(=O)O)CCN(C(=O)CCOCc2ccccc2)C1. The number of ether oxygens (including phenoxy) is 1. The Bertz CT molecular complexity index is 502. The van der Waals surface area contributed by atoms with Crippen LogP contribution in [-0.2, 0) is 20.9 Å². The van der Waals surface area contributed by atoms with Gasteiger partial charge >= 0.3 is 5.97 Å². The molecule has 0 radical (unpaired) electrons. The number of nitrogens with zero attached hydrogens (tertiary/aromatic N) is 1. The molecule has 1 amide bonds. The van der Waals surface area contributed by atoms with Crippen LogP contribution in [0.3, 0.4) is 0 Å². The summed E-state index contributed by atoms with van der Waals surface area (Å²) in [6.45, 7) is 3.34. The predicted octanol–water partition coefficient (Wildman–Crippen LogP) is 1.92. The van der Waals surface area contributed by atoms with E-state index in [2.05, 4.69) is 0 Å². The summed E-state index contributed by atoms with van der Waals surface area (Å²) >= 11 is 0. The first-order valence-electron chi connectivity index (χ1n) is 7.14. The molecule has 1 saturated heterocycles. The molecule has 0 aromatic heterocycles. The van der Waals surface area contributed by atoms with Crippen molar-refractivity contribution in [1.82, 2.24) is 4.90 Å². The highest BCUT2D eigenvalue weighted by atomic mass is 16.5. The van der Waals surface area contributed by atoms with Crippen molar-refractivity contribution in [2.45, 2.75) is 26.4 Å². The molecule has 1 aliphatic rings. The Labute approximate surface area is 124 Å². The Kier molecular flexibility index (Phi) is 4.96. The third-order valence-corrected chi connectivity index (χ3v) is 3.91. The summed E-state index contributed by atoms with van der Waals surface area (Å²) in [7, 11) is 0. The van der Waals surface area contributed by atoms with Crippen LogP contribution in [0.1, 0.15) is 25.3 Å². The van der Waals surface area contributed by atoms with Gasteiger partial charge in [0.05, 0.1) is 25.0 Å². The maximum atomic E-state index is 12.0. The van der Waals surface area contributed by atoms with E-state index in [-0.39, 0.29) is 5.91 Å². The Morgan fingerprint density at radius 2 is 2.05 bits per heavy atom. The monoisotopic (exact) mass is 291 g/mol. The Morgan fingerprint density at radius 3 is 2.67 bits per heavy atom. The molecule has 1 heterocycles. The minimum absolute atomic E-state index is 0.0342. The van der Waals surface area contributed by atoms with Crippen molar-refractivity contribution in [1.29, 1.82) is 0 Å². The smallest absolute Gasteiger partial charge is 0.311 e. The second kappa shape index (κ2) is 6.72. The van der Waals surface area contributed by atoms with Crippen LogP contribution in [0, 0.1) is 5.41 Å². The van der Waals surface area contributed by atoms with Crippen LogP contribution in [0.5, 0.6) is 0 Å². The third-order valence-electron chi connectivity index (χ3n) is 3.91. The molecule has 1 fully saturated rings. The highest BCUT2D eigenvalue weighted by molar-refractivity contribution is 5.80. The lowest BCUT2D eigenvalue weighted by Crippen LogP contribution is -2.35. The van der Waals surface area contributed by atoms with Crippen LogP contribution in [0.15, 0.2) is 30.3 Å². The van der Waals surface area contributed by atoms with Crippen molar-refractivity contribution in [2.75, 3.05) is 19.7 Å². The number of carboxylic acids is 1. The van der Waals surface area contributed by atoms with Gasteiger partial charge in [0.15, 0.2) is 0 Å². The fourth-order valence-corrected chi connectivity index (χ4v) is 2.43. The van der Waals surface area contributed by atoms with Gasteiger partial charge in [-0.2, -0.15) is 0 Å². The van der Waals surface area contributed by atoms with Crippen molar-refractivity contribution in [3.8, 4) is 0 Å². The summed E-state index contributed by atoms with van der Waals surface area (Å²) in [5, 5.41) is 9.15. The van der Waals surface area contributed by atoms with E-state index in [1.807, 2.05) is 30.3 Å². The lowest BCUT2D eigenvalue weighted by molar-refractivity contribution is -0.147. The van der Waals surface area contributed by atoms with Crippen LogP contribution in [0.25, 0.3) is 0 Å². The molecule has 5 heteroatoms. The second-order valence-electron chi connectivity index (χ2n) is 5.72. The number of likely N-dealkylation sites (tertiary alicyclic amines) is 1. The van der Waals surface area contributed by atoms with E-state index in [1.165, 1.54) is 0 Å². The molecular weight excluding hydrogens is 270 g/mol. The van der Waals surface area contributed by atoms with Crippen molar-refractivity contribution < 1.29 is 19.4 Å². The minimum Gasteiger partial charge on any atom is -0.481 e. The van der Waals surface area contributed by atoms with Gasteiger partial charge in [-0.15, -0.1) is 0 Å². The largest absolute Gasteiger partial charge is 0.481 e. The lowest BCUT2D eigenvalue weighted by Gasteiger charge is -2.20. The molecule has 5 nitrogen and oxygen atoms in total. The molecule has 1 aromatic rings. The number of carboxylic acid groups (broad SMARTS) is 1. The van der Waals surface area contributed by atoms with Gasteiger partial charge in [-0.3, -0.25) is 9.59 Å². The zero-order valence-corrected chi connectivity index (χ0v) is 12.2. The first kappa shape index (κ1) is 15.5. The number of carbonyl (C=O) groups is 2. The molecule has 2 rings (SSSR count). The summed E-state index contributed by atoms with van der Waals surface area (Å²) in [6, 6.07) is 9.78. The number of rotatable bonds is 6. The van der Waals surface area contributed by atoms with Gasteiger partial charge in [0.25, 0.3) is 0 Å². The average molecular weight is 291 g/mol. The first-order valence-corrected chi connectivity index (χ1v) is 7.14. The molecule has 21 heavy (non-hydrogen) atoms. The fourth-order valence-electron chi connectivity index (χ4n) is 2.43. The standard InChI is InChI=1S/C16H21NO4/c1-16(15(19)20)8-9-17(12-16)14(18)7-10-21-11-13-5-3-2-4-6-13/h2-6H,7-12H2,1H3,(H,19,20)/t16-/m1/s1.